The fraction of sp³-hybridized carbons (Fsp3) is 0.462. The van der Waals surface area contributed by atoms with Crippen molar-refractivity contribution in [2.24, 2.45) is 0 Å². The molecule has 90 valence electrons. The highest BCUT2D eigenvalue weighted by Crippen LogP contribution is 2.32. The lowest BCUT2D eigenvalue weighted by molar-refractivity contribution is -0.122. The average Bonchev–Trinajstić information content (AvgIpc) is 2.79. The predicted molar refractivity (Wildman–Crippen MR) is 69.9 cm³/mol. The van der Waals surface area contributed by atoms with E-state index in [0.29, 0.717) is 19.1 Å². The van der Waals surface area contributed by atoms with Gasteiger partial charge in [0.25, 0.3) is 0 Å². The molecule has 0 fully saturated rings. The normalized spacial score (nSPS) is 19.4. The van der Waals surface area contributed by atoms with Gasteiger partial charge in [-0.25, -0.2) is 0 Å². The van der Waals surface area contributed by atoms with Crippen molar-refractivity contribution in [3.05, 3.63) is 21.9 Å². The summed E-state index contributed by atoms with van der Waals surface area (Å²) in [5.74, 6) is 2.42. The molecule has 4 heteroatoms. The molecule has 0 aromatic carbocycles. The first kappa shape index (κ1) is 12.2. The Hall–Kier alpha value is -1.31. The van der Waals surface area contributed by atoms with E-state index >= 15 is 0 Å². The minimum Gasteiger partial charge on any atom is -0.344 e. The number of amides is 1. The Labute approximate surface area is 106 Å². The first-order valence-electron chi connectivity index (χ1n) is 5.73. The summed E-state index contributed by atoms with van der Waals surface area (Å²) in [7, 11) is 0. The summed E-state index contributed by atoms with van der Waals surface area (Å²) in [6.45, 7) is 3.83. The summed E-state index contributed by atoms with van der Waals surface area (Å²) in [6, 6.07) is 2.48. The monoisotopic (exact) mass is 248 g/mol. The van der Waals surface area contributed by atoms with Gasteiger partial charge >= 0.3 is 0 Å². The molecule has 3 nitrogen and oxygen atoms in total. The number of carbonyl (C=O) groups is 1. The summed E-state index contributed by atoms with van der Waals surface area (Å²) >= 11 is 1.81. The lowest BCUT2D eigenvalue weighted by atomic mass is 10.0. The second kappa shape index (κ2) is 5.35. The molecule has 0 unspecified atom stereocenters. The number of fused-ring (bicyclic) bond motifs is 1. The summed E-state index contributed by atoms with van der Waals surface area (Å²) in [4.78, 5) is 15.3. The van der Waals surface area contributed by atoms with Gasteiger partial charge in [-0.05, 0) is 30.4 Å². The molecule has 2 rings (SSSR count). The molecule has 0 spiro atoms. The van der Waals surface area contributed by atoms with Gasteiger partial charge in [0.15, 0.2) is 0 Å². The molecule has 17 heavy (non-hydrogen) atoms. The number of carbonyl (C=O) groups excluding carboxylic acids is 1. The Morgan fingerprint density at radius 1 is 1.76 bits per heavy atom. The van der Waals surface area contributed by atoms with Crippen LogP contribution in [0.25, 0.3) is 0 Å². The summed E-state index contributed by atoms with van der Waals surface area (Å²) < 4.78 is 0. The standard InChI is InChI=1S/C13H16N2OS/c1-3-6-14-13(16)9-15-7-4-12-11(10(15)2)5-8-17-12/h1,5,8,10H,4,6-7,9H2,2H3,(H,14,16)/t10-/m0/s1. The minimum absolute atomic E-state index is 0.00785. The molecule has 2 heterocycles. The van der Waals surface area contributed by atoms with Gasteiger partial charge in [0, 0.05) is 17.5 Å². The number of nitrogens with one attached hydrogen (secondary N) is 1. The zero-order valence-electron chi connectivity index (χ0n) is 9.90. The average molecular weight is 248 g/mol. The quantitative estimate of drug-likeness (QED) is 0.820. The molecule has 1 aromatic rings. The van der Waals surface area contributed by atoms with E-state index in [1.54, 1.807) is 0 Å². The maximum Gasteiger partial charge on any atom is 0.234 e. The van der Waals surface area contributed by atoms with Crippen LogP contribution in [0.5, 0.6) is 0 Å². The molecule has 1 atom stereocenters. The van der Waals surface area contributed by atoms with E-state index in [4.69, 9.17) is 6.42 Å². The van der Waals surface area contributed by atoms with Crippen molar-refractivity contribution in [3.63, 3.8) is 0 Å². The van der Waals surface area contributed by atoms with Crippen LogP contribution in [-0.2, 0) is 11.2 Å². The predicted octanol–water partition coefficient (Wildman–Crippen LogP) is 1.42. The third-order valence-corrected chi connectivity index (χ3v) is 4.13. The zero-order chi connectivity index (χ0) is 12.3. The van der Waals surface area contributed by atoms with Gasteiger partial charge in [-0.2, -0.15) is 0 Å². The number of rotatable bonds is 3. The Bertz CT molecular complexity index is 447. The molecule has 0 saturated heterocycles. The van der Waals surface area contributed by atoms with Crippen molar-refractivity contribution in [2.45, 2.75) is 19.4 Å². The summed E-state index contributed by atoms with van der Waals surface area (Å²) in [5, 5.41) is 4.83. The van der Waals surface area contributed by atoms with E-state index in [1.807, 2.05) is 11.3 Å². The molecule has 0 saturated carbocycles. The highest BCUT2D eigenvalue weighted by Gasteiger charge is 2.25. The maximum absolute atomic E-state index is 11.6. The molecule has 1 amide bonds. The van der Waals surface area contributed by atoms with Gasteiger partial charge in [0.05, 0.1) is 13.1 Å². The Morgan fingerprint density at radius 2 is 2.59 bits per heavy atom. The van der Waals surface area contributed by atoms with Gasteiger partial charge in [-0.1, -0.05) is 5.92 Å². The fourth-order valence-corrected chi connectivity index (χ4v) is 3.13. The maximum atomic E-state index is 11.6. The molecule has 1 aliphatic heterocycles. The number of hydrogen-bond donors (Lipinski definition) is 1. The van der Waals surface area contributed by atoms with Gasteiger partial charge in [0.1, 0.15) is 0 Å². The van der Waals surface area contributed by atoms with Crippen LogP contribution in [0.2, 0.25) is 0 Å². The number of hydrogen-bond acceptors (Lipinski definition) is 3. The summed E-state index contributed by atoms with van der Waals surface area (Å²) in [5.41, 5.74) is 1.37. The third-order valence-electron chi connectivity index (χ3n) is 3.14. The minimum atomic E-state index is 0.00785. The van der Waals surface area contributed by atoms with Gasteiger partial charge in [-0.15, -0.1) is 17.8 Å². The zero-order valence-corrected chi connectivity index (χ0v) is 10.7. The van der Waals surface area contributed by atoms with Gasteiger partial charge < -0.3 is 5.32 Å². The smallest absolute Gasteiger partial charge is 0.234 e. The van der Waals surface area contributed by atoms with E-state index in [2.05, 4.69) is 34.5 Å². The van der Waals surface area contributed by atoms with Crippen LogP contribution >= 0.6 is 11.3 Å². The highest BCUT2D eigenvalue weighted by molar-refractivity contribution is 7.10. The van der Waals surface area contributed by atoms with E-state index in [1.165, 1.54) is 10.4 Å². The molecular weight excluding hydrogens is 232 g/mol. The van der Waals surface area contributed by atoms with Crippen LogP contribution in [0.1, 0.15) is 23.4 Å². The lowest BCUT2D eigenvalue weighted by Crippen LogP contribution is -2.41. The largest absolute Gasteiger partial charge is 0.344 e. The Morgan fingerprint density at radius 3 is 3.35 bits per heavy atom. The molecule has 1 N–H and O–H groups in total. The Kier molecular flexibility index (Phi) is 3.82. The van der Waals surface area contributed by atoms with Crippen LogP contribution in [0.3, 0.4) is 0 Å². The van der Waals surface area contributed by atoms with E-state index in [0.717, 1.165) is 13.0 Å². The molecule has 1 aromatic heterocycles. The van der Waals surface area contributed by atoms with Crippen molar-refractivity contribution < 1.29 is 4.79 Å². The van der Waals surface area contributed by atoms with Crippen LogP contribution < -0.4 is 5.32 Å². The first-order valence-corrected chi connectivity index (χ1v) is 6.61. The summed E-state index contributed by atoms with van der Waals surface area (Å²) in [6.07, 6.45) is 6.15. The topological polar surface area (TPSA) is 32.3 Å². The lowest BCUT2D eigenvalue weighted by Gasteiger charge is -2.32. The van der Waals surface area contributed by atoms with Crippen molar-refractivity contribution in [1.29, 1.82) is 0 Å². The molecule has 0 radical (unpaired) electrons. The van der Waals surface area contributed by atoms with Crippen LogP contribution in [0.15, 0.2) is 11.4 Å². The van der Waals surface area contributed by atoms with E-state index < -0.39 is 0 Å². The fourth-order valence-electron chi connectivity index (χ4n) is 2.17. The second-order valence-electron chi connectivity index (χ2n) is 4.18. The van der Waals surface area contributed by atoms with Crippen molar-refractivity contribution in [3.8, 4) is 12.3 Å². The molecule has 0 aliphatic carbocycles. The number of terminal acetylenes is 1. The molecular formula is C13H16N2OS. The van der Waals surface area contributed by atoms with Crippen molar-refractivity contribution in [2.75, 3.05) is 19.6 Å². The second-order valence-corrected chi connectivity index (χ2v) is 5.18. The van der Waals surface area contributed by atoms with Gasteiger partial charge in [-0.3, -0.25) is 9.69 Å². The van der Waals surface area contributed by atoms with Crippen molar-refractivity contribution in [1.82, 2.24) is 10.2 Å². The van der Waals surface area contributed by atoms with Crippen LogP contribution in [0.4, 0.5) is 0 Å². The van der Waals surface area contributed by atoms with E-state index in [9.17, 15) is 4.79 Å². The molecule has 1 aliphatic rings. The van der Waals surface area contributed by atoms with Gasteiger partial charge in [0.2, 0.25) is 5.91 Å². The van der Waals surface area contributed by atoms with Crippen LogP contribution in [0, 0.1) is 12.3 Å². The van der Waals surface area contributed by atoms with Crippen molar-refractivity contribution >= 4 is 17.2 Å². The molecule has 0 bridgehead atoms. The Balaban J connectivity index is 1.96. The number of thiophene rings is 1. The number of nitrogens with zero attached hydrogens (tertiary/aromatic N) is 1. The van der Waals surface area contributed by atoms with Crippen LogP contribution in [-0.4, -0.2) is 30.4 Å². The SMILES string of the molecule is C#CCNC(=O)CN1CCc2sccc2[C@@H]1C. The highest BCUT2D eigenvalue weighted by atomic mass is 32.1. The van der Waals surface area contributed by atoms with E-state index in [-0.39, 0.29) is 5.91 Å². The first-order chi connectivity index (χ1) is 8.22. The third kappa shape index (κ3) is 2.68.